The first-order valence-electron chi connectivity index (χ1n) is 6.69. The Balaban J connectivity index is 2.33. The highest BCUT2D eigenvalue weighted by molar-refractivity contribution is 9.10. The number of aromatic nitrogens is 1. The number of rotatable bonds is 5. The van der Waals surface area contributed by atoms with Crippen LogP contribution in [0.15, 0.2) is 22.7 Å². The summed E-state index contributed by atoms with van der Waals surface area (Å²) in [7, 11) is 0. The zero-order valence-corrected chi connectivity index (χ0v) is 15.0. The lowest BCUT2D eigenvalue weighted by molar-refractivity contribution is 0.575. The van der Waals surface area contributed by atoms with Crippen molar-refractivity contribution in [3.05, 3.63) is 38.3 Å². The molecule has 0 aliphatic carbocycles. The predicted octanol–water partition coefficient (Wildman–Crippen LogP) is 5.60. The van der Waals surface area contributed by atoms with E-state index in [9.17, 15) is 0 Å². The first kappa shape index (κ1) is 16.0. The first-order chi connectivity index (χ1) is 9.52. The molecule has 0 spiro atoms. The third kappa shape index (κ3) is 3.61. The summed E-state index contributed by atoms with van der Waals surface area (Å²) < 4.78 is 1.02. The minimum atomic E-state index is 0.333. The molecule has 1 heterocycles. The van der Waals surface area contributed by atoms with Crippen LogP contribution in [0.3, 0.4) is 0 Å². The molecule has 20 heavy (non-hydrogen) atoms. The van der Waals surface area contributed by atoms with Crippen LogP contribution in [-0.2, 0) is 0 Å². The van der Waals surface area contributed by atoms with Crippen molar-refractivity contribution in [1.29, 1.82) is 0 Å². The number of thiazole rings is 1. The molecule has 5 heteroatoms. The quantitative estimate of drug-likeness (QED) is 0.738. The number of hydrogen-bond donors (Lipinski definition) is 1. The average Bonchev–Trinajstić information content (AvgIpc) is 2.80. The molecule has 108 valence electrons. The Morgan fingerprint density at radius 1 is 1.45 bits per heavy atom. The van der Waals surface area contributed by atoms with Crippen molar-refractivity contribution in [2.24, 2.45) is 0 Å². The third-order valence-corrected chi connectivity index (χ3v) is 5.39. The van der Waals surface area contributed by atoms with Gasteiger partial charge in [0.1, 0.15) is 5.01 Å². The van der Waals surface area contributed by atoms with Crippen LogP contribution < -0.4 is 5.32 Å². The maximum Gasteiger partial charge on any atom is 0.125 e. The Kier molecular flexibility index (Phi) is 5.61. The van der Waals surface area contributed by atoms with Gasteiger partial charge in [-0.15, -0.1) is 11.3 Å². The van der Waals surface area contributed by atoms with Gasteiger partial charge in [0, 0.05) is 26.0 Å². The van der Waals surface area contributed by atoms with Crippen LogP contribution in [0.1, 0.15) is 36.9 Å². The number of halogens is 2. The molecule has 0 aliphatic rings. The van der Waals surface area contributed by atoms with Gasteiger partial charge >= 0.3 is 0 Å². The van der Waals surface area contributed by atoms with Gasteiger partial charge in [-0.2, -0.15) is 0 Å². The third-order valence-electron chi connectivity index (χ3n) is 3.09. The van der Waals surface area contributed by atoms with Crippen molar-refractivity contribution in [2.75, 3.05) is 6.54 Å². The largest absolute Gasteiger partial charge is 0.309 e. The molecule has 2 nitrogen and oxygen atoms in total. The topological polar surface area (TPSA) is 24.9 Å². The number of benzene rings is 1. The second kappa shape index (κ2) is 7.03. The maximum atomic E-state index is 6.09. The van der Waals surface area contributed by atoms with Crippen LogP contribution in [0, 0.1) is 6.92 Å². The van der Waals surface area contributed by atoms with E-state index in [1.807, 2.05) is 18.2 Å². The van der Waals surface area contributed by atoms with E-state index in [1.165, 1.54) is 4.88 Å². The van der Waals surface area contributed by atoms with E-state index in [0.29, 0.717) is 6.04 Å². The summed E-state index contributed by atoms with van der Waals surface area (Å²) in [6.07, 6.45) is 1.13. The smallest absolute Gasteiger partial charge is 0.125 e. The highest BCUT2D eigenvalue weighted by atomic mass is 79.9. The number of nitrogens with one attached hydrogen (secondary N) is 1. The summed E-state index contributed by atoms with van der Waals surface area (Å²) in [4.78, 5) is 5.99. The number of hydrogen-bond acceptors (Lipinski definition) is 3. The lowest BCUT2D eigenvalue weighted by atomic mass is 10.2. The molecule has 1 aromatic carbocycles. The number of nitrogens with zero attached hydrogens (tertiary/aromatic N) is 1. The van der Waals surface area contributed by atoms with Gasteiger partial charge in [0.05, 0.1) is 5.69 Å². The molecule has 2 aromatic rings. The first-order valence-corrected chi connectivity index (χ1v) is 8.67. The van der Waals surface area contributed by atoms with Crippen molar-refractivity contribution in [3.8, 4) is 10.6 Å². The van der Waals surface area contributed by atoms with E-state index < -0.39 is 0 Å². The zero-order chi connectivity index (χ0) is 14.7. The highest BCUT2D eigenvalue weighted by Crippen LogP contribution is 2.36. The Morgan fingerprint density at radius 2 is 2.20 bits per heavy atom. The summed E-state index contributed by atoms with van der Waals surface area (Å²) >= 11 is 11.4. The molecular formula is C15H18BrClN2S. The zero-order valence-electron chi connectivity index (χ0n) is 11.8. The second-order valence-electron chi connectivity index (χ2n) is 4.77. The molecule has 1 unspecified atom stereocenters. The van der Waals surface area contributed by atoms with Crippen LogP contribution in [0.5, 0.6) is 0 Å². The van der Waals surface area contributed by atoms with Gasteiger partial charge in [0.2, 0.25) is 0 Å². The van der Waals surface area contributed by atoms with E-state index >= 15 is 0 Å². The van der Waals surface area contributed by atoms with Gasteiger partial charge in [-0.3, -0.25) is 0 Å². The van der Waals surface area contributed by atoms with Crippen LogP contribution >= 0.6 is 38.9 Å². The SMILES string of the molecule is CCCNC(C)c1sc(-c2cc(Cl)ccc2Br)nc1C. The van der Waals surface area contributed by atoms with Gasteiger partial charge in [-0.05, 0) is 45.0 Å². The molecule has 1 aromatic heterocycles. The minimum Gasteiger partial charge on any atom is -0.309 e. The van der Waals surface area contributed by atoms with Crippen molar-refractivity contribution in [2.45, 2.75) is 33.2 Å². The van der Waals surface area contributed by atoms with E-state index in [2.05, 4.69) is 42.0 Å². The molecule has 1 N–H and O–H groups in total. The van der Waals surface area contributed by atoms with Gasteiger partial charge in [0.25, 0.3) is 0 Å². The van der Waals surface area contributed by atoms with Crippen LogP contribution in [0.4, 0.5) is 0 Å². The van der Waals surface area contributed by atoms with E-state index in [4.69, 9.17) is 16.6 Å². The lowest BCUT2D eigenvalue weighted by Crippen LogP contribution is -2.18. The lowest BCUT2D eigenvalue weighted by Gasteiger charge is -2.11. The Hall–Kier alpha value is -0.420. The molecule has 0 saturated carbocycles. The summed E-state index contributed by atoms with van der Waals surface area (Å²) in [5.41, 5.74) is 2.15. The average molecular weight is 374 g/mol. The fraction of sp³-hybridized carbons (Fsp3) is 0.400. The van der Waals surface area contributed by atoms with Crippen molar-refractivity contribution in [1.82, 2.24) is 10.3 Å². The van der Waals surface area contributed by atoms with Crippen LogP contribution in [0.2, 0.25) is 5.02 Å². The molecule has 2 rings (SSSR count). The number of aryl methyl sites for hydroxylation is 1. The fourth-order valence-corrected chi connectivity index (χ4v) is 3.90. The van der Waals surface area contributed by atoms with E-state index in [-0.39, 0.29) is 0 Å². The van der Waals surface area contributed by atoms with Gasteiger partial charge < -0.3 is 5.32 Å². The highest BCUT2D eigenvalue weighted by Gasteiger charge is 2.16. The minimum absolute atomic E-state index is 0.333. The molecule has 0 radical (unpaired) electrons. The van der Waals surface area contributed by atoms with Crippen LogP contribution in [0.25, 0.3) is 10.6 Å². The summed E-state index contributed by atoms with van der Waals surface area (Å²) in [6, 6.07) is 6.13. The van der Waals surface area contributed by atoms with Gasteiger partial charge in [0.15, 0.2) is 0 Å². The standard InChI is InChI=1S/C15H18BrClN2S/c1-4-7-18-9(2)14-10(3)19-15(20-14)12-8-11(17)5-6-13(12)16/h5-6,8-9,18H,4,7H2,1-3H3. The summed E-state index contributed by atoms with van der Waals surface area (Å²) in [6.45, 7) is 7.45. The van der Waals surface area contributed by atoms with E-state index in [0.717, 1.165) is 38.7 Å². The Bertz CT molecular complexity index is 598. The molecular weight excluding hydrogens is 356 g/mol. The molecule has 0 amide bonds. The van der Waals surface area contributed by atoms with Gasteiger partial charge in [-0.25, -0.2) is 4.98 Å². The monoisotopic (exact) mass is 372 g/mol. The van der Waals surface area contributed by atoms with Gasteiger partial charge in [-0.1, -0.05) is 34.5 Å². The maximum absolute atomic E-state index is 6.09. The molecule has 0 fully saturated rings. The van der Waals surface area contributed by atoms with Crippen molar-refractivity contribution in [3.63, 3.8) is 0 Å². The molecule has 0 saturated heterocycles. The summed E-state index contributed by atoms with van der Waals surface area (Å²) in [5, 5.41) is 5.26. The molecule has 1 atom stereocenters. The van der Waals surface area contributed by atoms with Crippen molar-refractivity contribution >= 4 is 38.9 Å². The summed E-state index contributed by atoms with van der Waals surface area (Å²) in [5.74, 6) is 0. The molecule has 0 bridgehead atoms. The molecule has 0 aliphatic heterocycles. The van der Waals surface area contributed by atoms with Crippen molar-refractivity contribution < 1.29 is 0 Å². The predicted molar refractivity (Wildman–Crippen MR) is 91.7 cm³/mol. The normalized spacial score (nSPS) is 12.7. The fourth-order valence-electron chi connectivity index (χ4n) is 2.04. The Morgan fingerprint density at radius 3 is 2.90 bits per heavy atom. The van der Waals surface area contributed by atoms with Crippen LogP contribution in [-0.4, -0.2) is 11.5 Å². The second-order valence-corrected chi connectivity index (χ2v) is 7.09. The Labute approximate surface area is 137 Å². The van der Waals surface area contributed by atoms with E-state index in [1.54, 1.807) is 11.3 Å².